The van der Waals surface area contributed by atoms with E-state index in [2.05, 4.69) is 17.2 Å². The van der Waals surface area contributed by atoms with E-state index in [9.17, 15) is 5.11 Å². The van der Waals surface area contributed by atoms with Gasteiger partial charge in [0.15, 0.2) is 0 Å². The first kappa shape index (κ1) is 16.4. The van der Waals surface area contributed by atoms with Crippen LogP contribution in [0.3, 0.4) is 0 Å². The lowest BCUT2D eigenvalue weighted by Crippen LogP contribution is -2.63. The maximum Gasteiger partial charge on any atom is 0.102 e. The Morgan fingerprint density at radius 3 is 2.77 bits per heavy atom. The highest BCUT2D eigenvalue weighted by Crippen LogP contribution is 2.39. The van der Waals surface area contributed by atoms with Crippen LogP contribution in [-0.4, -0.2) is 48.1 Å². The minimum atomic E-state index is -0.576. The van der Waals surface area contributed by atoms with E-state index in [4.69, 9.17) is 4.74 Å². The van der Waals surface area contributed by atoms with E-state index >= 15 is 0 Å². The predicted octanol–water partition coefficient (Wildman–Crippen LogP) is 2.13. The first-order valence-electron chi connectivity index (χ1n) is 9.06. The number of ether oxygens (including phenoxy) is 1. The van der Waals surface area contributed by atoms with Gasteiger partial charge in [0.05, 0.1) is 11.7 Å². The summed E-state index contributed by atoms with van der Waals surface area (Å²) in [4.78, 5) is 0. The van der Waals surface area contributed by atoms with Gasteiger partial charge in [-0.15, -0.1) is 6.58 Å². The van der Waals surface area contributed by atoms with Crippen LogP contribution in [0.1, 0.15) is 57.8 Å². The van der Waals surface area contributed by atoms with Gasteiger partial charge in [-0.1, -0.05) is 31.8 Å². The number of likely N-dealkylation sites (N-methyl/N-ethyl adjacent to an activating group) is 1. The topological polar surface area (TPSA) is 53.5 Å². The Bertz CT molecular complexity index is 403. The number of rotatable bonds is 4. The minimum Gasteiger partial charge on any atom is -0.388 e. The molecular weight excluding hydrogens is 276 g/mol. The maximum absolute atomic E-state index is 11.0. The Morgan fingerprint density at radius 1 is 1.23 bits per heavy atom. The average Bonchev–Trinajstić information content (AvgIpc) is 2.54. The third-order valence-corrected chi connectivity index (χ3v) is 6.15. The zero-order valence-electron chi connectivity index (χ0n) is 13.9. The predicted molar refractivity (Wildman–Crippen MR) is 88.9 cm³/mol. The molecule has 0 amide bonds. The summed E-state index contributed by atoms with van der Waals surface area (Å²) in [5.74, 6) is 0. The van der Waals surface area contributed by atoms with E-state index in [1.165, 1.54) is 19.3 Å². The van der Waals surface area contributed by atoms with Crippen LogP contribution >= 0.6 is 0 Å². The van der Waals surface area contributed by atoms with Crippen molar-refractivity contribution in [2.75, 3.05) is 13.6 Å². The quantitative estimate of drug-likeness (QED) is 0.697. The highest BCUT2D eigenvalue weighted by atomic mass is 16.5. The smallest absolute Gasteiger partial charge is 0.102 e. The first-order valence-corrected chi connectivity index (χ1v) is 9.06. The zero-order chi connectivity index (χ0) is 15.6. The van der Waals surface area contributed by atoms with E-state index < -0.39 is 5.60 Å². The molecule has 0 aromatic rings. The molecule has 1 heterocycles. The van der Waals surface area contributed by atoms with Crippen LogP contribution < -0.4 is 10.6 Å². The highest BCUT2D eigenvalue weighted by Gasteiger charge is 2.47. The second-order valence-corrected chi connectivity index (χ2v) is 7.50. The fourth-order valence-corrected chi connectivity index (χ4v) is 4.88. The minimum absolute atomic E-state index is 0.0753. The summed E-state index contributed by atoms with van der Waals surface area (Å²) in [6, 6.07) is 0.588. The summed E-state index contributed by atoms with van der Waals surface area (Å²) in [7, 11) is 2.02. The van der Waals surface area contributed by atoms with Crippen molar-refractivity contribution in [1.29, 1.82) is 0 Å². The first-order chi connectivity index (χ1) is 10.6. The Morgan fingerprint density at radius 2 is 2.00 bits per heavy atom. The Hall–Kier alpha value is -0.420. The third kappa shape index (κ3) is 2.99. The Kier molecular flexibility index (Phi) is 4.93. The fourth-order valence-electron chi connectivity index (χ4n) is 4.88. The molecule has 1 saturated heterocycles. The van der Waals surface area contributed by atoms with Crippen LogP contribution in [0.2, 0.25) is 0 Å². The number of hydrogen-bond acceptors (Lipinski definition) is 4. The van der Waals surface area contributed by atoms with Gasteiger partial charge in [0, 0.05) is 25.0 Å². The third-order valence-electron chi connectivity index (χ3n) is 6.15. The molecule has 0 spiro atoms. The second kappa shape index (κ2) is 6.60. The largest absolute Gasteiger partial charge is 0.388 e. The maximum atomic E-state index is 11.0. The van der Waals surface area contributed by atoms with Crippen molar-refractivity contribution in [3.8, 4) is 0 Å². The molecular formula is C18H32N2O2. The van der Waals surface area contributed by atoms with Gasteiger partial charge in [0.1, 0.15) is 5.60 Å². The molecule has 2 saturated carbocycles. The van der Waals surface area contributed by atoms with Gasteiger partial charge in [0.2, 0.25) is 0 Å². The molecule has 3 fully saturated rings. The van der Waals surface area contributed by atoms with Gasteiger partial charge >= 0.3 is 0 Å². The number of nitrogens with one attached hydrogen (secondary N) is 2. The van der Waals surface area contributed by atoms with E-state index in [0.717, 1.165) is 45.1 Å². The molecule has 1 aliphatic heterocycles. The van der Waals surface area contributed by atoms with Crippen molar-refractivity contribution in [2.45, 2.75) is 87.2 Å². The van der Waals surface area contributed by atoms with Crippen LogP contribution in [0.15, 0.2) is 12.7 Å². The molecule has 0 bridgehead atoms. The normalized spacial score (nSPS) is 46.0. The van der Waals surface area contributed by atoms with Crippen LogP contribution in [-0.2, 0) is 4.74 Å². The molecule has 3 aliphatic rings. The molecule has 1 unspecified atom stereocenters. The molecule has 126 valence electrons. The van der Waals surface area contributed by atoms with Gasteiger partial charge in [-0.05, 0) is 32.7 Å². The summed E-state index contributed by atoms with van der Waals surface area (Å²) in [5.41, 5.74) is -0.857. The zero-order valence-corrected chi connectivity index (χ0v) is 13.9. The fraction of sp³-hybridized carbons (Fsp3) is 0.889. The van der Waals surface area contributed by atoms with Crippen molar-refractivity contribution in [3.63, 3.8) is 0 Å². The second-order valence-electron chi connectivity index (χ2n) is 7.50. The van der Waals surface area contributed by atoms with E-state index in [1.807, 2.05) is 13.1 Å². The molecule has 4 heteroatoms. The van der Waals surface area contributed by atoms with Crippen molar-refractivity contribution in [2.24, 2.45) is 0 Å². The molecule has 5 atom stereocenters. The molecule has 3 rings (SSSR count). The van der Waals surface area contributed by atoms with Gasteiger partial charge in [0.25, 0.3) is 0 Å². The molecule has 4 nitrogen and oxygen atoms in total. The van der Waals surface area contributed by atoms with Crippen LogP contribution in [0.4, 0.5) is 0 Å². The summed E-state index contributed by atoms with van der Waals surface area (Å²) in [5, 5.41) is 18.0. The van der Waals surface area contributed by atoms with Crippen LogP contribution in [0, 0.1) is 0 Å². The lowest BCUT2D eigenvalue weighted by atomic mass is 9.74. The summed E-state index contributed by atoms with van der Waals surface area (Å²) >= 11 is 0. The molecule has 0 radical (unpaired) electrons. The molecule has 22 heavy (non-hydrogen) atoms. The SMILES string of the molecule is C=C[C@@]1(OC2CN[C@@H]3CCCC[C@]3(O)C2)CCCC[C@H]1NC. The lowest BCUT2D eigenvalue weighted by molar-refractivity contribution is -0.153. The summed E-state index contributed by atoms with van der Waals surface area (Å²) < 4.78 is 6.58. The van der Waals surface area contributed by atoms with Gasteiger partial charge in [-0.25, -0.2) is 0 Å². The Balaban J connectivity index is 1.70. The lowest BCUT2D eigenvalue weighted by Gasteiger charge is -2.50. The average molecular weight is 308 g/mol. The van der Waals surface area contributed by atoms with Crippen LogP contribution in [0.5, 0.6) is 0 Å². The molecule has 0 aromatic heterocycles. The molecule has 3 N–H and O–H groups in total. The summed E-state index contributed by atoms with van der Waals surface area (Å²) in [6.07, 6.45) is 11.8. The number of piperidine rings is 1. The van der Waals surface area contributed by atoms with Crippen molar-refractivity contribution < 1.29 is 9.84 Å². The number of aliphatic hydroxyl groups is 1. The van der Waals surface area contributed by atoms with Crippen molar-refractivity contribution in [3.05, 3.63) is 12.7 Å². The van der Waals surface area contributed by atoms with E-state index in [-0.39, 0.29) is 17.7 Å². The van der Waals surface area contributed by atoms with Crippen LogP contribution in [0.25, 0.3) is 0 Å². The number of fused-ring (bicyclic) bond motifs is 1. The molecule has 0 aromatic carbocycles. The number of hydrogen-bond donors (Lipinski definition) is 3. The van der Waals surface area contributed by atoms with E-state index in [0.29, 0.717) is 6.04 Å². The monoisotopic (exact) mass is 308 g/mol. The van der Waals surface area contributed by atoms with Gasteiger partial charge in [-0.2, -0.15) is 0 Å². The van der Waals surface area contributed by atoms with Crippen molar-refractivity contribution >= 4 is 0 Å². The van der Waals surface area contributed by atoms with Crippen molar-refractivity contribution in [1.82, 2.24) is 10.6 Å². The highest BCUT2D eigenvalue weighted by molar-refractivity contribution is 5.09. The van der Waals surface area contributed by atoms with Gasteiger partial charge in [-0.3, -0.25) is 0 Å². The Labute approximate surface area is 134 Å². The van der Waals surface area contributed by atoms with Gasteiger partial charge < -0.3 is 20.5 Å². The standard InChI is InChI=1S/C18H32N2O2/c1-3-18(11-7-5-9-16(18)19-2)22-14-12-17(21)10-6-4-8-15(17)20-13-14/h3,14-16,19-21H,1,4-13H2,2H3/t14?,15-,16-,17+,18-/m1/s1. The van der Waals surface area contributed by atoms with E-state index in [1.54, 1.807) is 0 Å². The molecule has 2 aliphatic carbocycles. The summed E-state index contributed by atoms with van der Waals surface area (Å²) in [6.45, 7) is 4.92.